The molecule has 1 heterocycles. The van der Waals surface area contributed by atoms with Crippen LogP contribution in [-0.4, -0.2) is 42.0 Å². The normalized spacial score (nSPS) is 15.1. The Bertz CT molecular complexity index is 817. The summed E-state index contributed by atoms with van der Waals surface area (Å²) in [6, 6.07) is 17.8. The van der Waals surface area contributed by atoms with Crippen LogP contribution in [0.5, 0.6) is 0 Å². The Balaban J connectivity index is 1.45. The van der Waals surface area contributed by atoms with Crippen LogP contribution in [0.3, 0.4) is 0 Å². The first kappa shape index (κ1) is 20.9. The highest BCUT2D eigenvalue weighted by atomic mass is 16.2. The number of carbonyl (C=O) groups is 2. The topological polar surface area (TPSA) is 61.4 Å². The van der Waals surface area contributed by atoms with Gasteiger partial charge < -0.3 is 15.5 Å². The molecule has 0 unspecified atom stereocenters. The van der Waals surface area contributed by atoms with E-state index in [1.54, 1.807) is 0 Å². The molecule has 0 bridgehead atoms. The van der Waals surface area contributed by atoms with E-state index in [-0.39, 0.29) is 17.5 Å². The summed E-state index contributed by atoms with van der Waals surface area (Å²) in [5.74, 6) is 0.360. The van der Waals surface area contributed by atoms with Crippen LogP contribution in [0.15, 0.2) is 54.6 Å². The van der Waals surface area contributed by atoms with E-state index in [4.69, 9.17) is 0 Å². The number of urea groups is 1. The van der Waals surface area contributed by atoms with Crippen LogP contribution in [-0.2, 0) is 0 Å². The molecule has 0 atom stereocenters. The van der Waals surface area contributed by atoms with Crippen LogP contribution in [0.25, 0.3) is 11.1 Å². The van der Waals surface area contributed by atoms with E-state index in [1.807, 2.05) is 68.1 Å². The monoisotopic (exact) mass is 393 g/mol. The van der Waals surface area contributed by atoms with Gasteiger partial charge in [-0.05, 0) is 62.8 Å². The molecule has 154 valence electrons. The lowest BCUT2D eigenvalue weighted by molar-refractivity contribution is 0.0937. The molecule has 0 aliphatic carbocycles. The molecule has 1 aliphatic heterocycles. The van der Waals surface area contributed by atoms with Gasteiger partial charge in [0.1, 0.15) is 0 Å². The maximum atomic E-state index is 12.5. The fraction of sp³-hybridized carbons (Fsp3) is 0.417. The van der Waals surface area contributed by atoms with Crippen molar-refractivity contribution >= 4 is 11.9 Å². The van der Waals surface area contributed by atoms with Crippen LogP contribution in [0.4, 0.5) is 4.79 Å². The number of carbonyl (C=O) groups excluding carboxylic acids is 2. The molecule has 3 amide bonds. The van der Waals surface area contributed by atoms with E-state index in [0.717, 1.165) is 37.1 Å². The maximum Gasteiger partial charge on any atom is 0.317 e. The molecule has 0 radical (unpaired) electrons. The summed E-state index contributed by atoms with van der Waals surface area (Å²) in [4.78, 5) is 26.6. The number of rotatable bonds is 4. The highest BCUT2D eigenvalue weighted by Crippen LogP contribution is 2.20. The second-order valence-electron chi connectivity index (χ2n) is 8.76. The van der Waals surface area contributed by atoms with Gasteiger partial charge in [0.15, 0.2) is 0 Å². The van der Waals surface area contributed by atoms with Gasteiger partial charge in [0.05, 0.1) is 0 Å². The van der Waals surface area contributed by atoms with E-state index < -0.39 is 0 Å². The zero-order valence-electron chi connectivity index (χ0n) is 17.6. The number of benzene rings is 2. The van der Waals surface area contributed by atoms with Gasteiger partial charge in [-0.25, -0.2) is 4.79 Å². The van der Waals surface area contributed by atoms with Gasteiger partial charge in [0.2, 0.25) is 0 Å². The van der Waals surface area contributed by atoms with Gasteiger partial charge in [-0.1, -0.05) is 42.5 Å². The minimum absolute atomic E-state index is 0.00140. The number of hydrogen-bond acceptors (Lipinski definition) is 2. The van der Waals surface area contributed by atoms with Gasteiger partial charge >= 0.3 is 6.03 Å². The zero-order chi connectivity index (χ0) is 20.9. The predicted octanol–water partition coefficient (Wildman–Crippen LogP) is 4.30. The van der Waals surface area contributed by atoms with Crippen molar-refractivity contribution in [3.63, 3.8) is 0 Å². The Morgan fingerprint density at radius 1 is 0.931 bits per heavy atom. The molecule has 2 aromatic carbocycles. The molecule has 3 rings (SSSR count). The van der Waals surface area contributed by atoms with Crippen LogP contribution < -0.4 is 10.6 Å². The molecule has 0 saturated carbocycles. The third-order valence-electron chi connectivity index (χ3n) is 5.19. The molecule has 0 aromatic heterocycles. The Labute approximate surface area is 173 Å². The quantitative estimate of drug-likeness (QED) is 0.813. The first-order valence-corrected chi connectivity index (χ1v) is 10.3. The Morgan fingerprint density at radius 2 is 1.52 bits per heavy atom. The minimum atomic E-state index is -0.224. The number of nitrogens with one attached hydrogen (secondary N) is 2. The summed E-state index contributed by atoms with van der Waals surface area (Å²) in [6.45, 7) is 8.06. The summed E-state index contributed by atoms with van der Waals surface area (Å²) < 4.78 is 0. The fourth-order valence-electron chi connectivity index (χ4n) is 3.52. The van der Waals surface area contributed by atoms with Crippen LogP contribution in [0, 0.1) is 5.92 Å². The molecule has 0 spiro atoms. The molecule has 2 N–H and O–H groups in total. The van der Waals surface area contributed by atoms with Gasteiger partial charge in [0, 0.05) is 30.7 Å². The summed E-state index contributed by atoms with van der Waals surface area (Å²) in [7, 11) is 0. The lowest BCUT2D eigenvalue weighted by Gasteiger charge is -2.34. The van der Waals surface area contributed by atoms with Crippen molar-refractivity contribution in [1.29, 1.82) is 0 Å². The van der Waals surface area contributed by atoms with Crippen molar-refractivity contribution in [2.24, 2.45) is 5.92 Å². The van der Waals surface area contributed by atoms with Crippen LogP contribution in [0.1, 0.15) is 44.0 Å². The van der Waals surface area contributed by atoms with Crippen molar-refractivity contribution < 1.29 is 9.59 Å². The van der Waals surface area contributed by atoms with Gasteiger partial charge in [-0.15, -0.1) is 0 Å². The summed E-state index contributed by atoms with van der Waals surface area (Å²) in [5.41, 5.74) is 2.69. The highest BCUT2D eigenvalue weighted by Gasteiger charge is 2.25. The van der Waals surface area contributed by atoms with E-state index >= 15 is 0 Å². The van der Waals surface area contributed by atoms with Crippen LogP contribution >= 0.6 is 0 Å². The molecule has 5 nitrogen and oxygen atoms in total. The maximum absolute atomic E-state index is 12.5. The number of likely N-dealkylation sites (tertiary alicyclic amines) is 1. The highest BCUT2D eigenvalue weighted by molar-refractivity contribution is 5.94. The van der Waals surface area contributed by atoms with Gasteiger partial charge in [-0.3, -0.25) is 4.79 Å². The average Bonchev–Trinajstić information content (AvgIpc) is 2.72. The molecular weight excluding hydrogens is 362 g/mol. The molecule has 5 heteroatoms. The van der Waals surface area contributed by atoms with E-state index in [1.165, 1.54) is 0 Å². The van der Waals surface area contributed by atoms with Crippen molar-refractivity contribution in [3.8, 4) is 11.1 Å². The Hall–Kier alpha value is -2.82. The number of nitrogens with zero attached hydrogens (tertiary/aromatic N) is 1. The summed E-state index contributed by atoms with van der Waals surface area (Å²) in [6.07, 6.45) is 1.82. The number of amides is 3. The SMILES string of the molecule is CC(C)(C)NC(=O)N1CCC(CNC(=O)c2ccc(-c3ccccc3)cc2)CC1. The van der Waals surface area contributed by atoms with Gasteiger partial charge in [-0.2, -0.15) is 0 Å². The van der Waals surface area contributed by atoms with Gasteiger partial charge in [0.25, 0.3) is 5.91 Å². The zero-order valence-corrected chi connectivity index (χ0v) is 17.6. The third-order valence-corrected chi connectivity index (χ3v) is 5.19. The molecule has 2 aromatic rings. The molecule has 1 fully saturated rings. The van der Waals surface area contributed by atoms with Crippen molar-refractivity contribution in [1.82, 2.24) is 15.5 Å². The first-order chi connectivity index (χ1) is 13.8. The largest absolute Gasteiger partial charge is 0.352 e. The second kappa shape index (κ2) is 9.12. The minimum Gasteiger partial charge on any atom is -0.352 e. The van der Waals surface area contributed by atoms with E-state index in [9.17, 15) is 9.59 Å². The second-order valence-corrected chi connectivity index (χ2v) is 8.76. The molecule has 1 saturated heterocycles. The van der Waals surface area contributed by atoms with Crippen molar-refractivity contribution in [3.05, 3.63) is 60.2 Å². The van der Waals surface area contributed by atoms with Crippen LogP contribution in [0.2, 0.25) is 0 Å². The molecular formula is C24H31N3O2. The Kier molecular flexibility index (Phi) is 6.57. The first-order valence-electron chi connectivity index (χ1n) is 10.3. The smallest absolute Gasteiger partial charge is 0.317 e. The van der Waals surface area contributed by atoms with Crippen molar-refractivity contribution in [2.45, 2.75) is 39.2 Å². The Morgan fingerprint density at radius 3 is 2.10 bits per heavy atom. The standard InChI is InChI=1S/C24H31N3O2/c1-24(2,3)26-23(29)27-15-13-18(14-16-27)17-25-22(28)21-11-9-20(10-12-21)19-7-5-4-6-8-19/h4-12,18H,13-17H2,1-3H3,(H,25,28)(H,26,29). The third kappa shape index (κ3) is 6.08. The lowest BCUT2D eigenvalue weighted by atomic mass is 9.96. The van der Waals surface area contributed by atoms with Crippen molar-refractivity contribution in [2.75, 3.05) is 19.6 Å². The number of hydrogen-bond donors (Lipinski definition) is 2. The van der Waals surface area contributed by atoms with E-state index in [2.05, 4.69) is 22.8 Å². The number of piperidine rings is 1. The molecule has 1 aliphatic rings. The average molecular weight is 394 g/mol. The lowest BCUT2D eigenvalue weighted by Crippen LogP contribution is -2.51. The van der Waals surface area contributed by atoms with E-state index in [0.29, 0.717) is 18.0 Å². The molecule has 29 heavy (non-hydrogen) atoms. The predicted molar refractivity (Wildman–Crippen MR) is 117 cm³/mol. The summed E-state index contributed by atoms with van der Waals surface area (Å²) >= 11 is 0. The summed E-state index contributed by atoms with van der Waals surface area (Å²) in [5, 5.41) is 6.06. The fourth-order valence-corrected chi connectivity index (χ4v) is 3.52.